The van der Waals surface area contributed by atoms with Gasteiger partial charge in [0.25, 0.3) is 0 Å². The van der Waals surface area contributed by atoms with Gasteiger partial charge in [0.2, 0.25) is 1.66 Å². The zero-order chi connectivity index (χ0) is 12.6. The Balaban J connectivity index is 3.17. The molecule has 0 aliphatic carbocycles. The summed E-state index contributed by atoms with van der Waals surface area (Å²) in [4.78, 5) is 0. The first-order valence-corrected chi connectivity index (χ1v) is 7.93. The minimum Gasteiger partial charge on any atom is -0.385 e. The average molecular weight is 423 g/mol. The molecular weight excluding hydrogens is 414 g/mol. The van der Waals surface area contributed by atoms with E-state index in [0.717, 1.165) is 12.3 Å². The molecule has 2 unspecified atom stereocenters. The van der Waals surface area contributed by atoms with Crippen LogP contribution in [0.3, 0.4) is 0 Å². The molecule has 2 atom stereocenters. The van der Waals surface area contributed by atoms with Crippen molar-refractivity contribution in [3.63, 3.8) is 0 Å². The fourth-order valence-electron chi connectivity index (χ4n) is 1.07. The second-order valence-electron chi connectivity index (χ2n) is 3.29. The summed E-state index contributed by atoms with van der Waals surface area (Å²) in [6, 6.07) is 5.20. The van der Waals surface area contributed by atoms with Gasteiger partial charge in [0.05, 0.1) is 0 Å². The van der Waals surface area contributed by atoms with Crippen LogP contribution in [0.2, 0.25) is 0 Å². The highest BCUT2D eigenvalue weighted by atomic mass is 127. The zero-order valence-corrected chi connectivity index (χ0v) is 12.8. The molecule has 0 fully saturated rings. The van der Waals surface area contributed by atoms with Crippen molar-refractivity contribution in [1.82, 2.24) is 0 Å². The number of aliphatic hydroxyl groups excluding tert-OH is 1. The van der Waals surface area contributed by atoms with Gasteiger partial charge >= 0.3 is 0 Å². The van der Waals surface area contributed by atoms with E-state index in [0.29, 0.717) is 0 Å². The summed E-state index contributed by atoms with van der Waals surface area (Å²) in [5.41, 5.74) is 0.205. The van der Waals surface area contributed by atoms with Crippen LogP contribution in [-0.2, 0) is 9.84 Å². The maximum Gasteiger partial charge on any atom is 0.206 e. The lowest BCUT2D eigenvalue weighted by Crippen LogP contribution is -2.31. The topological polar surface area (TPSA) is 54.4 Å². The van der Waals surface area contributed by atoms with Crippen LogP contribution in [0.25, 0.3) is 0 Å². The normalized spacial score (nSPS) is 17.8. The van der Waals surface area contributed by atoms with Crippen molar-refractivity contribution < 1.29 is 17.9 Å². The van der Waals surface area contributed by atoms with E-state index in [1.165, 1.54) is 18.2 Å². The van der Waals surface area contributed by atoms with Gasteiger partial charge in [0.1, 0.15) is 11.9 Å². The fraction of sp³-hybridized carbons (Fsp3) is 0.333. The lowest BCUT2D eigenvalue weighted by Gasteiger charge is -2.25. The molecule has 3 nitrogen and oxygen atoms in total. The molecule has 0 saturated carbocycles. The molecule has 1 rings (SSSR count). The minimum atomic E-state index is -3.53. The fourth-order valence-corrected chi connectivity index (χ4v) is 2.24. The maximum absolute atomic E-state index is 12.9. The first kappa shape index (κ1) is 14.3. The molecule has 90 valence electrons. The Morgan fingerprint density at radius 1 is 1.56 bits per heavy atom. The van der Waals surface area contributed by atoms with Crippen molar-refractivity contribution >= 4 is 48.4 Å². The van der Waals surface area contributed by atoms with Gasteiger partial charge in [-0.1, -0.05) is 28.1 Å². The third kappa shape index (κ3) is 2.93. The van der Waals surface area contributed by atoms with Crippen LogP contribution in [0, 0.1) is 5.82 Å². The van der Waals surface area contributed by atoms with Gasteiger partial charge in [-0.15, -0.1) is 0 Å². The van der Waals surface area contributed by atoms with Crippen molar-refractivity contribution in [1.29, 1.82) is 0 Å². The zero-order valence-electron chi connectivity index (χ0n) is 8.19. The van der Waals surface area contributed by atoms with Crippen LogP contribution < -0.4 is 0 Å². The SMILES string of the molecule is CS(=O)(=O)C(Br)(I)C(O)c1cccc(F)c1. The smallest absolute Gasteiger partial charge is 0.206 e. The van der Waals surface area contributed by atoms with E-state index >= 15 is 0 Å². The molecule has 0 spiro atoms. The van der Waals surface area contributed by atoms with E-state index in [4.69, 9.17) is 0 Å². The Bertz CT molecular complexity index is 489. The van der Waals surface area contributed by atoms with E-state index in [1.807, 2.05) is 0 Å². The quantitative estimate of drug-likeness (QED) is 0.601. The van der Waals surface area contributed by atoms with E-state index < -0.39 is 23.4 Å². The van der Waals surface area contributed by atoms with Crippen molar-refractivity contribution in [2.75, 3.05) is 6.26 Å². The summed E-state index contributed by atoms with van der Waals surface area (Å²) >= 11 is 4.54. The van der Waals surface area contributed by atoms with Gasteiger partial charge in [-0.2, -0.15) is 0 Å². The number of sulfone groups is 1. The molecule has 0 aromatic heterocycles. The molecule has 16 heavy (non-hydrogen) atoms. The van der Waals surface area contributed by atoms with Crippen molar-refractivity contribution in [3.8, 4) is 0 Å². The van der Waals surface area contributed by atoms with Gasteiger partial charge < -0.3 is 5.11 Å². The molecule has 0 aliphatic heterocycles. The third-order valence-corrected chi connectivity index (χ3v) is 8.38. The van der Waals surface area contributed by atoms with E-state index in [9.17, 15) is 17.9 Å². The largest absolute Gasteiger partial charge is 0.385 e. The summed E-state index contributed by atoms with van der Waals surface area (Å²) in [7, 11) is -3.53. The number of alkyl halides is 2. The summed E-state index contributed by atoms with van der Waals surface area (Å²) in [5.74, 6) is -0.523. The molecule has 0 aliphatic rings. The lowest BCUT2D eigenvalue weighted by atomic mass is 10.1. The molecule has 1 aromatic carbocycles. The van der Waals surface area contributed by atoms with E-state index in [-0.39, 0.29) is 5.56 Å². The van der Waals surface area contributed by atoms with Crippen LogP contribution in [0.1, 0.15) is 11.7 Å². The number of benzene rings is 1. The summed E-state index contributed by atoms with van der Waals surface area (Å²) in [6.07, 6.45) is -0.352. The number of hydrogen-bond acceptors (Lipinski definition) is 3. The molecule has 1 aromatic rings. The molecular formula is C9H9BrFIO3S. The maximum atomic E-state index is 12.9. The lowest BCUT2D eigenvalue weighted by molar-refractivity contribution is 0.191. The predicted octanol–water partition coefficient (Wildman–Crippen LogP) is 2.39. The van der Waals surface area contributed by atoms with E-state index in [1.54, 1.807) is 22.6 Å². The van der Waals surface area contributed by atoms with Gasteiger partial charge in [0.15, 0.2) is 9.84 Å². The number of hydrogen-bond donors (Lipinski definition) is 1. The standard InChI is InChI=1S/C9H9BrFIO3S/c1-16(14,15)9(10,12)8(13)6-3-2-4-7(11)5-6/h2-5,8,13H,1H3. The van der Waals surface area contributed by atoms with Crippen molar-refractivity contribution in [2.24, 2.45) is 0 Å². The second kappa shape index (κ2) is 4.87. The Morgan fingerprint density at radius 2 is 2.12 bits per heavy atom. The molecule has 0 heterocycles. The molecule has 7 heteroatoms. The van der Waals surface area contributed by atoms with Gasteiger partial charge in [-0.3, -0.25) is 0 Å². The van der Waals surface area contributed by atoms with Crippen LogP contribution in [0.15, 0.2) is 24.3 Å². The highest BCUT2D eigenvalue weighted by Crippen LogP contribution is 2.44. The molecule has 0 bridgehead atoms. The summed E-state index contributed by atoms with van der Waals surface area (Å²) < 4.78 is 34.3. The number of rotatable bonds is 3. The Morgan fingerprint density at radius 3 is 2.56 bits per heavy atom. The minimum absolute atomic E-state index is 0.205. The van der Waals surface area contributed by atoms with Crippen LogP contribution >= 0.6 is 38.5 Å². The van der Waals surface area contributed by atoms with E-state index in [2.05, 4.69) is 15.9 Å². The third-order valence-electron chi connectivity index (χ3n) is 1.98. The Kier molecular flexibility index (Phi) is 4.36. The van der Waals surface area contributed by atoms with Gasteiger partial charge in [-0.05, 0) is 40.3 Å². The molecule has 1 N–H and O–H groups in total. The van der Waals surface area contributed by atoms with Gasteiger partial charge in [0, 0.05) is 6.26 Å². The second-order valence-corrected chi connectivity index (χ2v) is 11.2. The molecule has 0 radical (unpaired) electrons. The first-order chi connectivity index (χ1) is 7.16. The summed E-state index contributed by atoms with van der Waals surface area (Å²) in [5, 5.41) is 9.91. The Labute approximate surface area is 115 Å². The Hall–Kier alpha value is 0.270. The molecule has 0 saturated heterocycles. The first-order valence-electron chi connectivity index (χ1n) is 4.17. The predicted molar refractivity (Wildman–Crippen MR) is 71.9 cm³/mol. The number of aliphatic hydroxyl groups is 1. The highest BCUT2D eigenvalue weighted by Gasteiger charge is 2.43. The van der Waals surface area contributed by atoms with Crippen LogP contribution in [0.5, 0.6) is 0 Å². The van der Waals surface area contributed by atoms with Crippen molar-refractivity contribution in [3.05, 3.63) is 35.6 Å². The highest BCUT2D eigenvalue weighted by molar-refractivity contribution is 14.1. The molecule has 0 amide bonds. The monoisotopic (exact) mass is 422 g/mol. The van der Waals surface area contributed by atoms with Crippen LogP contribution in [0.4, 0.5) is 4.39 Å². The average Bonchev–Trinajstić information content (AvgIpc) is 2.14. The van der Waals surface area contributed by atoms with Crippen LogP contribution in [-0.4, -0.2) is 21.4 Å². The van der Waals surface area contributed by atoms with Gasteiger partial charge in [-0.25, -0.2) is 12.8 Å². The van der Waals surface area contributed by atoms with Crippen molar-refractivity contribution in [2.45, 2.75) is 7.77 Å². The summed E-state index contributed by atoms with van der Waals surface area (Å²) in [6.45, 7) is 0. The number of halogens is 3.